The van der Waals surface area contributed by atoms with Gasteiger partial charge in [-0.3, -0.25) is 4.79 Å². The van der Waals surface area contributed by atoms with Crippen molar-refractivity contribution in [2.75, 3.05) is 31.1 Å². The van der Waals surface area contributed by atoms with Crippen LogP contribution in [-0.4, -0.2) is 51.8 Å². The Morgan fingerprint density at radius 2 is 1.95 bits per heavy atom. The van der Waals surface area contributed by atoms with Crippen molar-refractivity contribution in [1.82, 2.24) is 19.7 Å². The molecule has 0 bridgehead atoms. The van der Waals surface area contributed by atoms with Gasteiger partial charge in [-0.25, -0.2) is 9.67 Å². The minimum absolute atomic E-state index is 0.0734. The summed E-state index contributed by atoms with van der Waals surface area (Å²) in [6, 6.07) is 7.48. The summed E-state index contributed by atoms with van der Waals surface area (Å²) >= 11 is 6.23. The van der Waals surface area contributed by atoms with E-state index in [4.69, 9.17) is 11.6 Å². The number of para-hydroxylation sites is 1. The summed E-state index contributed by atoms with van der Waals surface area (Å²) in [4.78, 5) is 20.5. The van der Waals surface area contributed by atoms with Gasteiger partial charge < -0.3 is 9.80 Å². The van der Waals surface area contributed by atoms with Crippen molar-refractivity contribution in [2.45, 2.75) is 13.0 Å². The topological polar surface area (TPSA) is 54.3 Å². The lowest BCUT2D eigenvalue weighted by molar-refractivity contribution is -0.134. The van der Waals surface area contributed by atoms with Crippen LogP contribution in [0.25, 0.3) is 0 Å². The van der Waals surface area contributed by atoms with Crippen molar-refractivity contribution in [3.63, 3.8) is 0 Å². The molecule has 7 heteroatoms. The van der Waals surface area contributed by atoms with E-state index in [0.29, 0.717) is 13.1 Å². The Hall–Kier alpha value is -2.08. The molecule has 1 aromatic carbocycles. The molecule has 1 aliphatic rings. The van der Waals surface area contributed by atoms with Crippen molar-refractivity contribution >= 4 is 23.2 Å². The first-order valence-electron chi connectivity index (χ1n) is 7.29. The molecule has 0 spiro atoms. The number of hydrogen-bond acceptors (Lipinski definition) is 4. The molecular formula is C15H18ClN5O. The third-order valence-electron chi connectivity index (χ3n) is 3.98. The number of benzene rings is 1. The molecule has 1 unspecified atom stereocenters. The monoisotopic (exact) mass is 319 g/mol. The molecule has 116 valence electrons. The normalized spacial score (nSPS) is 16.6. The lowest BCUT2D eigenvalue weighted by atomic mass is 10.2. The number of rotatable bonds is 3. The average Bonchev–Trinajstić information content (AvgIpc) is 3.09. The molecule has 2 heterocycles. The lowest BCUT2D eigenvalue weighted by Gasteiger charge is -2.37. The Balaban J connectivity index is 1.62. The number of amides is 1. The second-order valence-electron chi connectivity index (χ2n) is 5.32. The lowest BCUT2D eigenvalue weighted by Crippen LogP contribution is -2.50. The molecule has 1 atom stereocenters. The van der Waals surface area contributed by atoms with Crippen LogP contribution in [0.3, 0.4) is 0 Å². The van der Waals surface area contributed by atoms with Gasteiger partial charge in [0.25, 0.3) is 0 Å². The van der Waals surface area contributed by atoms with Crippen LogP contribution in [0.2, 0.25) is 5.02 Å². The first-order valence-corrected chi connectivity index (χ1v) is 7.67. The van der Waals surface area contributed by atoms with Crippen LogP contribution in [-0.2, 0) is 4.79 Å². The molecule has 0 radical (unpaired) electrons. The third-order valence-corrected chi connectivity index (χ3v) is 4.29. The van der Waals surface area contributed by atoms with Crippen molar-refractivity contribution in [3.05, 3.63) is 41.9 Å². The van der Waals surface area contributed by atoms with Gasteiger partial charge in [-0.1, -0.05) is 23.7 Å². The first-order chi connectivity index (χ1) is 10.7. The minimum atomic E-state index is -0.325. The van der Waals surface area contributed by atoms with E-state index in [2.05, 4.69) is 15.0 Å². The summed E-state index contributed by atoms with van der Waals surface area (Å²) in [7, 11) is 0. The van der Waals surface area contributed by atoms with Crippen LogP contribution >= 0.6 is 11.6 Å². The van der Waals surface area contributed by atoms with Gasteiger partial charge in [-0.05, 0) is 19.1 Å². The van der Waals surface area contributed by atoms with E-state index < -0.39 is 0 Å². The highest BCUT2D eigenvalue weighted by atomic mass is 35.5. The maximum atomic E-state index is 12.5. The fourth-order valence-corrected chi connectivity index (χ4v) is 2.93. The SMILES string of the molecule is CC(C(=O)N1CCN(c2ccccc2Cl)CC1)n1cncn1. The van der Waals surface area contributed by atoms with Gasteiger partial charge in [0.05, 0.1) is 10.7 Å². The summed E-state index contributed by atoms with van der Waals surface area (Å²) in [5.74, 6) is 0.0734. The van der Waals surface area contributed by atoms with E-state index >= 15 is 0 Å². The van der Waals surface area contributed by atoms with Gasteiger partial charge >= 0.3 is 0 Å². The van der Waals surface area contributed by atoms with E-state index in [9.17, 15) is 4.79 Å². The Bertz CT molecular complexity index is 637. The number of anilines is 1. The average molecular weight is 320 g/mol. The van der Waals surface area contributed by atoms with E-state index in [0.717, 1.165) is 23.8 Å². The molecule has 1 aromatic heterocycles. The molecule has 22 heavy (non-hydrogen) atoms. The van der Waals surface area contributed by atoms with Gasteiger partial charge in [0.15, 0.2) is 0 Å². The summed E-state index contributed by atoms with van der Waals surface area (Å²) in [5.41, 5.74) is 1.03. The van der Waals surface area contributed by atoms with Gasteiger partial charge in [-0.2, -0.15) is 5.10 Å². The van der Waals surface area contributed by atoms with Crippen LogP contribution in [0, 0.1) is 0 Å². The Kier molecular flexibility index (Phi) is 4.29. The smallest absolute Gasteiger partial charge is 0.247 e. The number of carbonyl (C=O) groups excluding carboxylic acids is 1. The van der Waals surface area contributed by atoms with E-state index in [1.165, 1.54) is 6.33 Å². The molecule has 1 aliphatic heterocycles. The molecule has 1 amide bonds. The van der Waals surface area contributed by atoms with Gasteiger partial charge in [0, 0.05) is 26.2 Å². The zero-order valence-corrected chi connectivity index (χ0v) is 13.1. The summed E-state index contributed by atoms with van der Waals surface area (Å²) in [6.07, 6.45) is 3.02. The summed E-state index contributed by atoms with van der Waals surface area (Å²) < 4.78 is 1.59. The summed E-state index contributed by atoms with van der Waals surface area (Å²) in [5, 5.41) is 4.78. The second-order valence-corrected chi connectivity index (χ2v) is 5.72. The van der Waals surface area contributed by atoms with Crippen LogP contribution in [0.4, 0.5) is 5.69 Å². The van der Waals surface area contributed by atoms with Crippen molar-refractivity contribution in [2.24, 2.45) is 0 Å². The standard InChI is InChI=1S/C15H18ClN5O/c1-12(21-11-17-10-18-21)15(22)20-8-6-19(7-9-20)14-5-3-2-4-13(14)16/h2-5,10-12H,6-9H2,1H3. The van der Waals surface area contributed by atoms with Gasteiger partial charge in [0.1, 0.15) is 18.7 Å². The molecule has 0 N–H and O–H groups in total. The molecule has 3 rings (SSSR count). The highest BCUT2D eigenvalue weighted by molar-refractivity contribution is 6.33. The Morgan fingerprint density at radius 3 is 2.59 bits per heavy atom. The van der Waals surface area contributed by atoms with Crippen LogP contribution in [0.1, 0.15) is 13.0 Å². The zero-order valence-electron chi connectivity index (χ0n) is 12.4. The molecule has 0 saturated carbocycles. The minimum Gasteiger partial charge on any atom is -0.367 e. The van der Waals surface area contributed by atoms with Gasteiger partial charge in [0.2, 0.25) is 5.91 Å². The predicted molar refractivity (Wildman–Crippen MR) is 85.0 cm³/mol. The van der Waals surface area contributed by atoms with E-state index in [1.54, 1.807) is 11.0 Å². The number of nitrogens with zero attached hydrogens (tertiary/aromatic N) is 5. The maximum Gasteiger partial charge on any atom is 0.247 e. The Morgan fingerprint density at radius 1 is 1.23 bits per heavy atom. The van der Waals surface area contributed by atoms with E-state index in [-0.39, 0.29) is 11.9 Å². The third kappa shape index (κ3) is 2.92. The zero-order chi connectivity index (χ0) is 15.5. The molecular weight excluding hydrogens is 302 g/mol. The number of piperazine rings is 1. The molecule has 2 aromatic rings. The first kappa shape index (κ1) is 14.8. The molecule has 0 aliphatic carbocycles. The number of aromatic nitrogens is 3. The largest absolute Gasteiger partial charge is 0.367 e. The number of hydrogen-bond donors (Lipinski definition) is 0. The fourth-order valence-electron chi connectivity index (χ4n) is 2.67. The van der Waals surface area contributed by atoms with E-state index in [1.807, 2.05) is 36.1 Å². The summed E-state index contributed by atoms with van der Waals surface area (Å²) in [6.45, 7) is 4.77. The Labute approximate surface area is 134 Å². The molecule has 6 nitrogen and oxygen atoms in total. The maximum absolute atomic E-state index is 12.5. The van der Waals surface area contributed by atoms with Gasteiger partial charge in [-0.15, -0.1) is 0 Å². The number of halogens is 1. The highest BCUT2D eigenvalue weighted by Crippen LogP contribution is 2.26. The highest BCUT2D eigenvalue weighted by Gasteiger charge is 2.26. The van der Waals surface area contributed by atoms with Crippen LogP contribution in [0.5, 0.6) is 0 Å². The quantitative estimate of drug-likeness (QED) is 0.866. The molecule has 1 fully saturated rings. The van der Waals surface area contributed by atoms with Crippen molar-refractivity contribution in [3.8, 4) is 0 Å². The van der Waals surface area contributed by atoms with Crippen molar-refractivity contribution in [1.29, 1.82) is 0 Å². The van der Waals surface area contributed by atoms with Crippen LogP contribution in [0.15, 0.2) is 36.9 Å². The molecule has 1 saturated heterocycles. The number of carbonyl (C=O) groups is 1. The second kappa shape index (κ2) is 6.36. The van der Waals surface area contributed by atoms with Crippen LogP contribution < -0.4 is 4.90 Å². The fraction of sp³-hybridized carbons (Fsp3) is 0.400. The van der Waals surface area contributed by atoms with Crippen molar-refractivity contribution < 1.29 is 4.79 Å². The predicted octanol–water partition coefficient (Wildman–Crippen LogP) is 1.84.